The number of amides is 1. The van der Waals surface area contributed by atoms with Gasteiger partial charge in [-0.3, -0.25) is 9.69 Å². The minimum atomic E-state index is -0.0112. The number of carbonyl (C=O) groups excluding carboxylic acids is 1. The highest BCUT2D eigenvalue weighted by atomic mass is 35.5. The second kappa shape index (κ2) is 7.37. The summed E-state index contributed by atoms with van der Waals surface area (Å²) < 4.78 is 0. The molecule has 1 aliphatic rings. The van der Waals surface area contributed by atoms with E-state index in [1.54, 1.807) is 0 Å². The lowest BCUT2D eigenvalue weighted by molar-refractivity contribution is 0.0934. The fourth-order valence-electron chi connectivity index (χ4n) is 3.18. The fraction of sp³-hybridized carbons (Fsp3) is 0.350. The van der Waals surface area contributed by atoms with E-state index in [1.165, 1.54) is 16.7 Å². The van der Waals surface area contributed by atoms with Crippen LogP contribution in [0.15, 0.2) is 42.5 Å². The first-order valence-corrected chi connectivity index (χ1v) is 8.79. The van der Waals surface area contributed by atoms with Gasteiger partial charge in [0.1, 0.15) is 0 Å². The maximum atomic E-state index is 12.3. The van der Waals surface area contributed by atoms with Crippen LogP contribution in [-0.2, 0) is 19.4 Å². The Kier molecular flexibility index (Phi) is 5.22. The second-order valence-corrected chi connectivity index (χ2v) is 6.88. The summed E-state index contributed by atoms with van der Waals surface area (Å²) in [4.78, 5) is 14.6. The van der Waals surface area contributed by atoms with Crippen molar-refractivity contribution in [1.29, 1.82) is 0 Å². The average Bonchev–Trinajstić information content (AvgIpc) is 2.60. The first-order valence-electron chi connectivity index (χ1n) is 8.41. The van der Waals surface area contributed by atoms with Crippen LogP contribution in [0.2, 0.25) is 5.02 Å². The molecule has 1 atom stereocenters. The SMILES string of the molecule is CCc1ccc(C(=O)NC[C@H]2Cc3cc(Cl)ccc3CN2C)cc1. The molecular formula is C20H23ClN2O. The van der Waals surface area contributed by atoms with Gasteiger partial charge in [0.2, 0.25) is 0 Å². The molecule has 3 nitrogen and oxygen atoms in total. The Labute approximate surface area is 148 Å². The predicted octanol–water partition coefficient (Wildman–Crippen LogP) is 3.69. The highest BCUT2D eigenvalue weighted by Gasteiger charge is 2.24. The van der Waals surface area contributed by atoms with Crippen LogP contribution in [0.5, 0.6) is 0 Å². The molecule has 0 saturated heterocycles. The van der Waals surface area contributed by atoms with Crippen molar-refractivity contribution in [2.75, 3.05) is 13.6 Å². The van der Waals surface area contributed by atoms with E-state index in [0.717, 1.165) is 24.4 Å². The lowest BCUT2D eigenvalue weighted by atomic mass is 9.94. The number of benzene rings is 2. The Hall–Kier alpha value is -1.84. The number of aryl methyl sites for hydroxylation is 1. The molecule has 0 radical (unpaired) electrons. The molecule has 0 saturated carbocycles. The Morgan fingerprint density at radius 2 is 1.96 bits per heavy atom. The second-order valence-electron chi connectivity index (χ2n) is 6.45. The lowest BCUT2D eigenvalue weighted by Gasteiger charge is -2.34. The van der Waals surface area contributed by atoms with Crippen LogP contribution in [0.4, 0.5) is 0 Å². The maximum Gasteiger partial charge on any atom is 0.251 e. The molecule has 126 valence electrons. The molecule has 0 aliphatic carbocycles. The minimum absolute atomic E-state index is 0.0112. The van der Waals surface area contributed by atoms with E-state index in [9.17, 15) is 4.79 Å². The van der Waals surface area contributed by atoms with Crippen molar-refractivity contribution in [1.82, 2.24) is 10.2 Å². The molecule has 0 bridgehead atoms. The largest absolute Gasteiger partial charge is 0.350 e. The standard InChI is InChI=1S/C20H23ClN2O/c1-3-14-4-6-15(7-5-14)20(24)22-12-19-11-17-10-18(21)9-8-16(17)13-23(19)2/h4-10,19H,3,11-13H2,1-2H3,(H,22,24)/t19-/m1/s1. The Morgan fingerprint density at radius 3 is 2.67 bits per heavy atom. The van der Waals surface area contributed by atoms with Crippen LogP contribution in [-0.4, -0.2) is 30.4 Å². The summed E-state index contributed by atoms with van der Waals surface area (Å²) in [5.74, 6) is -0.0112. The van der Waals surface area contributed by atoms with Crippen LogP contribution in [0.25, 0.3) is 0 Å². The zero-order chi connectivity index (χ0) is 17.1. The quantitative estimate of drug-likeness (QED) is 0.919. The van der Waals surface area contributed by atoms with Gasteiger partial charge in [0.05, 0.1) is 0 Å². The number of likely N-dealkylation sites (N-methyl/N-ethyl adjacent to an activating group) is 1. The van der Waals surface area contributed by atoms with Gasteiger partial charge in [0.15, 0.2) is 0 Å². The number of fused-ring (bicyclic) bond motifs is 1. The van der Waals surface area contributed by atoms with Crippen molar-refractivity contribution < 1.29 is 4.79 Å². The summed E-state index contributed by atoms with van der Waals surface area (Å²) >= 11 is 6.11. The summed E-state index contributed by atoms with van der Waals surface area (Å²) in [7, 11) is 2.10. The molecule has 2 aromatic carbocycles. The molecule has 24 heavy (non-hydrogen) atoms. The van der Waals surface area contributed by atoms with Gasteiger partial charge in [-0.1, -0.05) is 36.7 Å². The molecule has 3 rings (SSSR count). The highest BCUT2D eigenvalue weighted by molar-refractivity contribution is 6.30. The highest BCUT2D eigenvalue weighted by Crippen LogP contribution is 2.24. The van der Waals surface area contributed by atoms with Gasteiger partial charge in [-0.05, 0) is 60.8 Å². The molecule has 0 spiro atoms. The Bertz CT molecular complexity index is 727. The fourth-order valence-corrected chi connectivity index (χ4v) is 3.37. The summed E-state index contributed by atoms with van der Waals surface area (Å²) in [5, 5.41) is 3.84. The van der Waals surface area contributed by atoms with Crippen molar-refractivity contribution in [3.8, 4) is 0 Å². The number of hydrogen-bond donors (Lipinski definition) is 1. The van der Waals surface area contributed by atoms with E-state index in [1.807, 2.05) is 36.4 Å². The van der Waals surface area contributed by atoms with Crippen LogP contribution in [0, 0.1) is 0 Å². The van der Waals surface area contributed by atoms with Gasteiger partial charge in [0.25, 0.3) is 5.91 Å². The zero-order valence-electron chi connectivity index (χ0n) is 14.2. The van der Waals surface area contributed by atoms with E-state index < -0.39 is 0 Å². The molecule has 0 fully saturated rings. The van der Waals surface area contributed by atoms with Crippen molar-refractivity contribution in [3.63, 3.8) is 0 Å². The van der Waals surface area contributed by atoms with Crippen LogP contribution in [0.1, 0.15) is 34.0 Å². The summed E-state index contributed by atoms with van der Waals surface area (Å²) in [6.07, 6.45) is 1.89. The molecule has 1 amide bonds. The number of rotatable bonds is 4. The third-order valence-corrected chi connectivity index (χ3v) is 5.02. The molecular weight excluding hydrogens is 320 g/mol. The molecule has 1 N–H and O–H groups in total. The van der Waals surface area contributed by atoms with Gasteiger partial charge >= 0.3 is 0 Å². The third-order valence-electron chi connectivity index (χ3n) is 4.79. The van der Waals surface area contributed by atoms with Crippen molar-refractivity contribution in [2.45, 2.75) is 32.4 Å². The van der Waals surface area contributed by atoms with Gasteiger partial charge in [0, 0.05) is 29.7 Å². The monoisotopic (exact) mass is 342 g/mol. The molecule has 1 aliphatic heterocycles. The number of halogens is 1. The van der Waals surface area contributed by atoms with E-state index in [4.69, 9.17) is 11.6 Å². The van der Waals surface area contributed by atoms with Crippen molar-refractivity contribution >= 4 is 17.5 Å². The first-order chi connectivity index (χ1) is 11.6. The number of hydrogen-bond acceptors (Lipinski definition) is 2. The van der Waals surface area contributed by atoms with Crippen LogP contribution in [0.3, 0.4) is 0 Å². The molecule has 4 heteroatoms. The van der Waals surface area contributed by atoms with Crippen molar-refractivity contribution in [3.05, 3.63) is 69.7 Å². The Balaban J connectivity index is 1.62. The van der Waals surface area contributed by atoms with E-state index in [-0.39, 0.29) is 11.9 Å². The van der Waals surface area contributed by atoms with Gasteiger partial charge in [-0.15, -0.1) is 0 Å². The molecule has 0 unspecified atom stereocenters. The number of carbonyl (C=O) groups is 1. The summed E-state index contributed by atoms with van der Waals surface area (Å²) in [5.41, 5.74) is 4.56. The van der Waals surface area contributed by atoms with E-state index >= 15 is 0 Å². The number of nitrogens with zero attached hydrogens (tertiary/aromatic N) is 1. The van der Waals surface area contributed by atoms with E-state index in [0.29, 0.717) is 12.1 Å². The maximum absolute atomic E-state index is 12.3. The number of nitrogens with one attached hydrogen (secondary N) is 1. The van der Waals surface area contributed by atoms with Crippen LogP contribution >= 0.6 is 11.6 Å². The van der Waals surface area contributed by atoms with Crippen molar-refractivity contribution in [2.24, 2.45) is 0 Å². The molecule has 1 heterocycles. The van der Waals surface area contributed by atoms with E-state index in [2.05, 4.69) is 30.3 Å². The smallest absolute Gasteiger partial charge is 0.251 e. The normalized spacial score (nSPS) is 17.4. The molecule has 0 aromatic heterocycles. The van der Waals surface area contributed by atoms with Crippen LogP contribution < -0.4 is 5.32 Å². The minimum Gasteiger partial charge on any atom is -0.350 e. The predicted molar refractivity (Wildman–Crippen MR) is 98.6 cm³/mol. The summed E-state index contributed by atoms with van der Waals surface area (Å²) in [6.45, 7) is 3.63. The van der Waals surface area contributed by atoms with Gasteiger partial charge in [-0.25, -0.2) is 0 Å². The third kappa shape index (κ3) is 3.80. The Morgan fingerprint density at radius 1 is 1.21 bits per heavy atom. The lowest BCUT2D eigenvalue weighted by Crippen LogP contribution is -2.45. The topological polar surface area (TPSA) is 32.3 Å². The van der Waals surface area contributed by atoms with Gasteiger partial charge < -0.3 is 5.32 Å². The average molecular weight is 343 g/mol. The first kappa shape index (κ1) is 17.0. The molecule has 2 aromatic rings. The van der Waals surface area contributed by atoms with Gasteiger partial charge in [-0.2, -0.15) is 0 Å². The summed E-state index contributed by atoms with van der Waals surface area (Å²) in [6, 6.07) is 14.2. The zero-order valence-corrected chi connectivity index (χ0v) is 14.9.